The summed E-state index contributed by atoms with van der Waals surface area (Å²) < 4.78 is 21.3. The molecule has 0 spiro atoms. The Balaban J connectivity index is 1.85. The molecule has 2 aromatic rings. The maximum Gasteiger partial charge on any atom is 0.280 e. The fraction of sp³-hybridized carbons (Fsp3) is 0.600. The average Bonchev–Trinajstić information content (AvgIpc) is 3.16. The number of Topliss-reactive ketones (excluding diaryl/α,β-unsaturated/α-hetero) is 1. The van der Waals surface area contributed by atoms with E-state index in [1.54, 1.807) is 13.8 Å². The summed E-state index contributed by atoms with van der Waals surface area (Å²) in [6, 6.07) is -0.922. The van der Waals surface area contributed by atoms with Crippen molar-refractivity contribution in [2.45, 2.75) is 50.9 Å². The Morgan fingerprint density at radius 1 is 1.54 bits per heavy atom. The minimum atomic E-state index is -1.69. The molecule has 1 aliphatic heterocycles. The van der Waals surface area contributed by atoms with Crippen LogP contribution >= 0.6 is 0 Å². The van der Waals surface area contributed by atoms with Gasteiger partial charge in [0.15, 0.2) is 16.9 Å². The van der Waals surface area contributed by atoms with Gasteiger partial charge in [0.05, 0.1) is 12.4 Å². The lowest BCUT2D eigenvalue weighted by atomic mass is 9.94. The number of aromatic amines is 1. The lowest BCUT2D eigenvalue weighted by molar-refractivity contribution is -0.141. The van der Waals surface area contributed by atoms with Crippen LogP contribution < -0.4 is 17.0 Å². The predicted octanol–water partition coefficient (Wildman–Crippen LogP) is -0.759. The number of nitrogens with two attached hydrogens (primary N) is 2. The van der Waals surface area contributed by atoms with Crippen LogP contribution in [0.2, 0.25) is 0 Å². The van der Waals surface area contributed by atoms with Crippen LogP contribution in [0.3, 0.4) is 0 Å². The van der Waals surface area contributed by atoms with Gasteiger partial charge in [-0.3, -0.25) is 19.1 Å². The average molecular weight is 368 g/mol. The summed E-state index contributed by atoms with van der Waals surface area (Å²) in [6.45, 7) is 3.46. The van der Waals surface area contributed by atoms with Crippen molar-refractivity contribution in [3.8, 4) is 0 Å². The van der Waals surface area contributed by atoms with Crippen molar-refractivity contribution < 1.29 is 19.0 Å². The number of aromatic nitrogens is 4. The molecule has 1 unspecified atom stereocenters. The van der Waals surface area contributed by atoms with E-state index in [0.717, 1.165) is 0 Å². The highest BCUT2D eigenvalue weighted by molar-refractivity contribution is 5.88. The first-order chi connectivity index (χ1) is 12.2. The molecule has 0 aromatic carbocycles. The highest BCUT2D eigenvalue weighted by Gasteiger charge is 2.45. The van der Waals surface area contributed by atoms with Crippen LogP contribution in [0.1, 0.15) is 26.5 Å². The molecule has 142 valence electrons. The summed E-state index contributed by atoms with van der Waals surface area (Å²) in [5, 5.41) is 10.2. The second-order valence-corrected chi connectivity index (χ2v) is 6.70. The van der Waals surface area contributed by atoms with Crippen LogP contribution in [0, 0.1) is 5.92 Å². The molecule has 0 amide bonds. The number of hydrogen-bond donors (Lipinski definition) is 4. The third-order valence-electron chi connectivity index (χ3n) is 4.51. The minimum Gasteiger partial charge on any atom is -0.382 e. The molecule has 2 aromatic heterocycles. The van der Waals surface area contributed by atoms with E-state index in [1.165, 1.54) is 10.9 Å². The largest absolute Gasteiger partial charge is 0.382 e. The van der Waals surface area contributed by atoms with Gasteiger partial charge in [-0.2, -0.15) is 4.98 Å². The van der Waals surface area contributed by atoms with Gasteiger partial charge < -0.3 is 21.3 Å². The Morgan fingerprint density at radius 3 is 2.88 bits per heavy atom. The smallest absolute Gasteiger partial charge is 0.280 e. The Bertz CT molecular complexity index is 881. The van der Waals surface area contributed by atoms with Gasteiger partial charge in [0.1, 0.15) is 24.6 Å². The highest BCUT2D eigenvalue weighted by Crippen LogP contribution is 2.34. The third kappa shape index (κ3) is 3.08. The van der Waals surface area contributed by atoms with Crippen LogP contribution in [0.5, 0.6) is 0 Å². The van der Waals surface area contributed by atoms with Crippen molar-refractivity contribution in [3.05, 3.63) is 16.7 Å². The molecule has 0 bridgehead atoms. The van der Waals surface area contributed by atoms with Gasteiger partial charge in [-0.05, 0) is 5.92 Å². The van der Waals surface area contributed by atoms with E-state index in [1.807, 2.05) is 0 Å². The summed E-state index contributed by atoms with van der Waals surface area (Å²) in [5.41, 5.74) is 10.9. The number of anilines is 1. The molecular formula is C15H21FN6O4. The molecule has 3 rings (SSSR count). The Morgan fingerprint density at radius 2 is 2.23 bits per heavy atom. The number of carbonyl (C=O) groups excluding carboxylic acids is 1. The van der Waals surface area contributed by atoms with Crippen LogP contribution in [0.25, 0.3) is 11.2 Å². The number of imidazole rings is 1. The van der Waals surface area contributed by atoms with Gasteiger partial charge in [0.25, 0.3) is 5.56 Å². The molecule has 1 fully saturated rings. The summed E-state index contributed by atoms with van der Waals surface area (Å²) in [6.07, 6.45) is -4.43. The van der Waals surface area contributed by atoms with E-state index in [4.69, 9.17) is 16.2 Å². The van der Waals surface area contributed by atoms with Gasteiger partial charge in [-0.25, -0.2) is 9.37 Å². The van der Waals surface area contributed by atoms with Gasteiger partial charge in [-0.1, -0.05) is 13.8 Å². The number of ether oxygens (including phenoxy) is 1. The van der Waals surface area contributed by atoms with Crippen molar-refractivity contribution in [2.75, 3.05) is 5.73 Å². The van der Waals surface area contributed by atoms with Gasteiger partial charge >= 0.3 is 0 Å². The number of nitrogens with one attached hydrogen (secondary N) is 1. The van der Waals surface area contributed by atoms with Gasteiger partial charge in [-0.15, -0.1) is 0 Å². The number of rotatable bonds is 5. The second-order valence-electron chi connectivity index (χ2n) is 6.70. The SMILES string of the molecule is CC(C)[C@H](N)C(=O)C(O)[C@H]1O[C@@H](n2cnc3c(=O)[nH]c(N)nc32)C[C@@H]1F. The quantitative estimate of drug-likeness (QED) is 0.535. The minimum absolute atomic E-state index is 0.0279. The molecule has 26 heavy (non-hydrogen) atoms. The predicted molar refractivity (Wildman–Crippen MR) is 89.8 cm³/mol. The standard InChI is InChI=1S/C15H21FN6O4/c1-5(2)8(17)10(23)11(24)12-6(16)3-7(26-12)22-4-19-9-13(22)20-15(18)21-14(9)25/h4-8,11-12,24H,3,17H2,1-2H3,(H3,18,20,21,25)/t6-,7+,8-,11?,12-/m0/s1. The summed E-state index contributed by atoms with van der Waals surface area (Å²) >= 11 is 0. The molecule has 3 heterocycles. The Hall–Kier alpha value is -2.37. The van der Waals surface area contributed by atoms with Crippen LogP contribution in [0.4, 0.5) is 10.3 Å². The second kappa shape index (κ2) is 6.74. The number of alkyl halides is 1. The number of H-pyrrole nitrogens is 1. The molecule has 0 radical (unpaired) electrons. The molecule has 6 N–H and O–H groups in total. The van der Waals surface area contributed by atoms with E-state index in [-0.39, 0.29) is 29.5 Å². The third-order valence-corrected chi connectivity index (χ3v) is 4.51. The Labute approximate surface area is 147 Å². The summed E-state index contributed by atoms with van der Waals surface area (Å²) in [5.74, 6) is -1.000. The summed E-state index contributed by atoms with van der Waals surface area (Å²) in [4.78, 5) is 34.3. The monoisotopic (exact) mass is 368 g/mol. The van der Waals surface area contributed by atoms with Crippen molar-refractivity contribution >= 4 is 22.9 Å². The zero-order valence-electron chi connectivity index (χ0n) is 14.3. The first-order valence-electron chi connectivity index (χ1n) is 8.20. The fourth-order valence-electron chi connectivity index (χ4n) is 2.94. The van der Waals surface area contributed by atoms with Crippen LogP contribution in [0.15, 0.2) is 11.1 Å². The molecule has 10 nitrogen and oxygen atoms in total. The first-order valence-corrected chi connectivity index (χ1v) is 8.20. The number of hydrogen-bond acceptors (Lipinski definition) is 8. The van der Waals surface area contributed by atoms with E-state index >= 15 is 0 Å². The number of aliphatic hydroxyl groups excluding tert-OH is 1. The normalized spacial score (nSPS) is 25.7. The zero-order valence-corrected chi connectivity index (χ0v) is 14.3. The number of aliphatic hydroxyl groups is 1. The van der Waals surface area contributed by atoms with E-state index in [9.17, 15) is 19.1 Å². The molecular weight excluding hydrogens is 347 g/mol. The maximum absolute atomic E-state index is 14.4. The highest BCUT2D eigenvalue weighted by atomic mass is 19.1. The Kier molecular flexibility index (Phi) is 4.78. The number of fused-ring (bicyclic) bond motifs is 1. The zero-order chi connectivity index (χ0) is 19.2. The molecule has 11 heteroatoms. The van der Waals surface area contributed by atoms with Crippen LogP contribution in [-0.2, 0) is 9.53 Å². The topological polar surface area (TPSA) is 162 Å². The van der Waals surface area contributed by atoms with Crippen molar-refractivity contribution in [1.29, 1.82) is 0 Å². The number of ketones is 1. The lowest BCUT2D eigenvalue weighted by Crippen LogP contribution is -2.48. The number of carbonyl (C=O) groups is 1. The maximum atomic E-state index is 14.4. The number of nitrogens with zero attached hydrogens (tertiary/aromatic N) is 3. The lowest BCUT2D eigenvalue weighted by Gasteiger charge is -2.23. The van der Waals surface area contributed by atoms with Crippen molar-refractivity contribution in [3.63, 3.8) is 0 Å². The molecule has 1 saturated heterocycles. The molecule has 1 aliphatic rings. The van der Waals surface area contributed by atoms with E-state index in [0.29, 0.717) is 0 Å². The number of nitrogen functional groups attached to an aromatic ring is 1. The summed E-state index contributed by atoms with van der Waals surface area (Å²) in [7, 11) is 0. The van der Waals surface area contributed by atoms with Crippen molar-refractivity contribution in [1.82, 2.24) is 19.5 Å². The van der Waals surface area contributed by atoms with Crippen LogP contribution in [-0.4, -0.2) is 54.8 Å². The molecule has 5 atom stereocenters. The van der Waals surface area contributed by atoms with Gasteiger partial charge in [0, 0.05) is 6.42 Å². The van der Waals surface area contributed by atoms with E-state index in [2.05, 4.69) is 15.0 Å². The molecule has 0 aliphatic carbocycles. The first kappa shape index (κ1) is 18.4. The molecule has 0 saturated carbocycles. The number of halogens is 1. The van der Waals surface area contributed by atoms with E-state index < -0.39 is 42.0 Å². The van der Waals surface area contributed by atoms with Crippen molar-refractivity contribution in [2.24, 2.45) is 11.7 Å². The fourth-order valence-corrected chi connectivity index (χ4v) is 2.94. The van der Waals surface area contributed by atoms with Gasteiger partial charge in [0.2, 0.25) is 5.95 Å².